The second-order valence-corrected chi connectivity index (χ2v) is 6.03. The maximum absolute atomic E-state index is 13.0. The zero-order valence-electron chi connectivity index (χ0n) is 14.7. The van der Waals surface area contributed by atoms with Gasteiger partial charge in [-0.15, -0.1) is 0 Å². The lowest BCUT2D eigenvalue weighted by Gasteiger charge is -2.05. The van der Waals surface area contributed by atoms with Crippen molar-refractivity contribution in [2.75, 3.05) is 0 Å². The molecule has 0 radical (unpaired) electrons. The van der Waals surface area contributed by atoms with E-state index in [-0.39, 0.29) is 18.2 Å². The standard InChI is InChI=1S/C22H15FN2O3/c23-18-10-6-17(7-11-18)22-24-20(28-25-22)14-27-19-12-8-16(9-13-19)21(26)15-4-2-1-3-5-15/h1-13H,14H2. The highest BCUT2D eigenvalue weighted by Crippen LogP contribution is 2.19. The van der Waals surface area contributed by atoms with Crippen molar-refractivity contribution in [3.05, 3.63) is 102 Å². The molecule has 0 saturated heterocycles. The molecule has 4 aromatic rings. The summed E-state index contributed by atoms with van der Waals surface area (Å²) in [6.07, 6.45) is 0. The van der Waals surface area contributed by atoms with E-state index in [1.54, 1.807) is 48.5 Å². The first-order valence-electron chi connectivity index (χ1n) is 8.60. The van der Waals surface area contributed by atoms with E-state index in [2.05, 4.69) is 10.1 Å². The Morgan fingerprint density at radius 1 is 0.893 bits per heavy atom. The van der Waals surface area contributed by atoms with E-state index in [0.717, 1.165) is 0 Å². The van der Waals surface area contributed by atoms with Gasteiger partial charge in [-0.3, -0.25) is 4.79 Å². The van der Waals surface area contributed by atoms with Crippen molar-refractivity contribution in [1.29, 1.82) is 0 Å². The minimum Gasteiger partial charge on any atom is -0.484 e. The van der Waals surface area contributed by atoms with E-state index in [9.17, 15) is 9.18 Å². The Hall–Kier alpha value is -3.80. The summed E-state index contributed by atoms with van der Waals surface area (Å²) >= 11 is 0. The van der Waals surface area contributed by atoms with E-state index in [1.807, 2.05) is 18.2 Å². The number of aromatic nitrogens is 2. The second-order valence-electron chi connectivity index (χ2n) is 6.03. The fourth-order valence-corrected chi connectivity index (χ4v) is 2.63. The van der Waals surface area contributed by atoms with Crippen LogP contribution in [0.5, 0.6) is 5.75 Å². The number of ether oxygens (including phenoxy) is 1. The molecule has 5 nitrogen and oxygen atoms in total. The summed E-state index contributed by atoms with van der Waals surface area (Å²) < 4.78 is 23.8. The summed E-state index contributed by atoms with van der Waals surface area (Å²) in [7, 11) is 0. The Labute approximate surface area is 160 Å². The van der Waals surface area contributed by atoms with Gasteiger partial charge in [-0.05, 0) is 48.5 Å². The van der Waals surface area contributed by atoms with Gasteiger partial charge < -0.3 is 9.26 Å². The van der Waals surface area contributed by atoms with Crippen LogP contribution in [0.4, 0.5) is 4.39 Å². The van der Waals surface area contributed by atoms with Crippen LogP contribution in [0.25, 0.3) is 11.4 Å². The van der Waals surface area contributed by atoms with E-state index >= 15 is 0 Å². The fourth-order valence-electron chi connectivity index (χ4n) is 2.63. The maximum Gasteiger partial charge on any atom is 0.264 e. The lowest BCUT2D eigenvalue weighted by atomic mass is 10.0. The Bertz CT molecular complexity index is 1070. The molecule has 3 aromatic carbocycles. The van der Waals surface area contributed by atoms with Crippen LogP contribution < -0.4 is 4.74 Å². The number of hydrogen-bond acceptors (Lipinski definition) is 5. The molecule has 0 bridgehead atoms. The lowest BCUT2D eigenvalue weighted by molar-refractivity contribution is 0.103. The number of halogens is 1. The Morgan fingerprint density at radius 3 is 2.29 bits per heavy atom. The third kappa shape index (κ3) is 3.96. The van der Waals surface area contributed by atoms with Crippen molar-refractivity contribution < 1.29 is 18.4 Å². The average molecular weight is 374 g/mol. The topological polar surface area (TPSA) is 65.2 Å². The zero-order chi connectivity index (χ0) is 19.3. The highest BCUT2D eigenvalue weighted by Gasteiger charge is 2.11. The molecule has 1 aromatic heterocycles. The minimum atomic E-state index is -0.329. The number of carbonyl (C=O) groups excluding carboxylic acids is 1. The molecule has 0 N–H and O–H groups in total. The van der Waals surface area contributed by atoms with Gasteiger partial charge in [-0.25, -0.2) is 4.39 Å². The van der Waals surface area contributed by atoms with Crippen LogP contribution >= 0.6 is 0 Å². The first kappa shape index (κ1) is 17.6. The van der Waals surface area contributed by atoms with E-state index in [0.29, 0.717) is 34.2 Å². The van der Waals surface area contributed by atoms with Crippen molar-refractivity contribution in [2.45, 2.75) is 6.61 Å². The minimum absolute atomic E-state index is 0.0482. The van der Waals surface area contributed by atoms with E-state index < -0.39 is 0 Å². The number of benzene rings is 3. The van der Waals surface area contributed by atoms with Crippen LogP contribution in [0.1, 0.15) is 21.8 Å². The van der Waals surface area contributed by atoms with Gasteiger partial charge >= 0.3 is 0 Å². The van der Waals surface area contributed by atoms with Crippen molar-refractivity contribution in [2.24, 2.45) is 0 Å². The zero-order valence-corrected chi connectivity index (χ0v) is 14.7. The molecule has 0 aliphatic rings. The Balaban J connectivity index is 1.39. The summed E-state index contributed by atoms with van der Waals surface area (Å²) in [4.78, 5) is 16.6. The molecule has 4 rings (SSSR count). The van der Waals surface area contributed by atoms with Crippen molar-refractivity contribution >= 4 is 5.78 Å². The molecule has 138 valence electrons. The quantitative estimate of drug-likeness (QED) is 0.458. The number of rotatable bonds is 6. The first-order valence-corrected chi connectivity index (χ1v) is 8.60. The average Bonchev–Trinajstić information content (AvgIpc) is 3.22. The van der Waals surface area contributed by atoms with E-state index in [1.165, 1.54) is 12.1 Å². The molecule has 0 aliphatic carbocycles. The predicted octanol–water partition coefficient (Wildman–Crippen LogP) is 4.69. The van der Waals surface area contributed by atoms with Crippen LogP contribution in [0.3, 0.4) is 0 Å². The maximum atomic E-state index is 13.0. The van der Waals surface area contributed by atoms with Crippen molar-refractivity contribution in [3.63, 3.8) is 0 Å². The molecule has 0 atom stereocenters. The summed E-state index contributed by atoms with van der Waals surface area (Å²) in [6, 6.07) is 21.8. The Kier molecular flexibility index (Phi) is 4.93. The molecule has 0 aliphatic heterocycles. The first-order chi connectivity index (χ1) is 13.7. The number of nitrogens with zero attached hydrogens (tertiary/aromatic N) is 2. The summed E-state index contributed by atoms with van der Waals surface area (Å²) in [5.74, 6) is 0.857. The summed E-state index contributed by atoms with van der Waals surface area (Å²) in [5, 5.41) is 3.87. The number of ketones is 1. The third-order valence-electron chi connectivity index (χ3n) is 4.09. The van der Waals surface area contributed by atoms with E-state index in [4.69, 9.17) is 9.26 Å². The fraction of sp³-hybridized carbons (Fsp3) is 0.0455. The second kappa shape index (κ2) is 7.84. The Morgan fingerprint density at radius 2 is 1.57 bits per heavy atom. The molecular weight excluding hydrogens is 359 g/mol. The highest BCUT2D eigenvalue weighted by molar-refractivity contribution is 6.08. The number of hydrogen-bond donors (Lipinski definition) is 0. The molecule has 0 spiro atoms. The monoisotopic (exact) mass is 374 g/mol. The van der Waals surface area contributed by atoms with Crippen molar-refractivity contribution in [3.8, 4) is 17.1 Å². The molecule has 1 heterocycles. The SMILES string of the molecule is O=C(c1ccccc1)c1ccc(OCc2nc(-c3ccc(F)cc3)no2)cc1. The van der Waals surface area contributed by atoms with Crippen LogP contribution in [-0.4, -0.2) is 15.9 Å². The smallest absolute Gasteiger partial charge is 0.264 e. The third-order valence-corrected chi connectivity index (χ3v) is 4.09. The molecule has 0 fully saturated rings. The highest BCUT2D eigenvalue weighted by atomic mass is 19.1. The number of carbonyl (C=O) groups is 1. The lowest BCUT2D eigenvalue weighted by Crippen LogP contribution is -2.01. The van der Waals surface area contributed by atoms with Crippen LogP contribution in [-0.2, 0) is 6.61 Å². The van der Waals surface area contributed by atoms with Crippen LogP contribution in [0, 0.1) is 5.82 Å². The normalized spacial score (nSPS) is 10.6. The van der Waals surface area contributed by atoms with Gasteiger partial charge in [0.15, 0.2) is 12.4 Å². The van der Waals surface area contributed by atoms with Gasteiger partial charge in [-0.2, -0.15) is 4.98 Å². The molecule has 0 amide bonds. The molecule has 6 heteroatoms. The van der Waals surface area contributed by atoms with Gasteiger partial charge in [0.25, 0.3) is 5.89 Å². The van der Waals surface area contributed by atoms with Crippen LogP contribution in [0.2, 0.25) is 0 Å². The predicted molar refractivity (Wildman–Crippen MR) is 100 cm³/mol. The van der Waals surface area contributed by atoms with Gasteiger partial charge in [0, 0.05) is 16.7 Å². The van der Waals surface area contributed by atoms with Gasteiger partial charge in [-0.1, -0.05) is 35.5 Å². The summed E-state index contributed by atoms with van der Waals surface area (Å²) in [5.41, 5.74) is 1.87. The van der Waals surface area contributed by atoms with Crippen LogP contribution in [0.15, 0.2) is 83.4 Å². The van der Waals surface area contributed by atoms with Crippen molar-refractivity contribution in [1.82, 2.24) is 10.1 Å². The van der Waals surface area contributed by atoms with Gasteiger partial charge in [0.2, 0.25) is 5.82 Å². The molecule has 0 saturated carbocycles. The molecular formula is C22H15FN2O3. The molecule has 0 unspecified atom stereocenters. The molecule has 28 heavy (non-hydrogen) atoms. The largest absolute Gasteiger partial charge is 0.484 e. The van der Waals surface area contributed by atoms with Gasteiger partial charge in [0.1, 0.15) is 11.6 Å². The van der Waals surface area contributed by atoms with Gasteiger partial charge in [0.05, 0.1) is 0 Å². The summed E-state index contributed by atoms with van der Waals surface area (Å²) in [6.45, 7) is 0.0835.